The van der Waals surface area contributed by atoms with Crippen LogP contribution in [-0.2, 0) is 9.53 Å². The molecule has 1 aliphatic heterocycles. The first-order chi connectivity index (χ1) is 6.70. The fraction of sp³-hybridized carbons (Fsp3) is 0.889. The number of carbonyl (C=O) groups excluding carboxylic acids is 1. The summed E-state index contributed by atoms with van der Waals surface area (Å²) < 4.78 is 5.22. The summed E-state index contributed by atoms with van der Waals surface area (Å²) in [4.78, 5) is 13.4. The van der Waals surface area contributed by atoms with Crippen molar-refractivity contribution in [2.75, 3.05) is 39.4 Å². The molecule has 1 atom stereocenters. The molecular formula is C9H19N3O2. The number of nitrogens with two attached hydrogens (primary N) is 1. The van der Waals surface area contributed by atoms with Gasteiger partial charge in [0.15, 0.2) is 0 Å². The first-order valence-corrected chi connectivity index (χ1v) is 5.03. The Morgan fingerprint density at radius 1 is 1.57 bits per heavy atom. The Morgan fingerprint density at radius 2 is 2.21 bits per heavy atom. The molecule has 1 aliphatic rings. The van der Waals surface area contributed by atoms with Crippen molar-refractivity contribution >= 4 is 5.91 Å². The number of nitrogens with zero attached hydrogens (tertiary/aromatic N) is 1. The first-order valence-electron chi connectivity index (χ1n) is 5.03. The van der Waals surface area contributed by atoms with Crippen molar-refractivity contribution in [1.82, 2.24) is 10.2 Å². The lowest BCUT2D eigenvalue weighted by molar-refractivity contribution is -0.122. The van der Waals surface area contributed by atoms with Gasteiger partial charge in [0.1, 0.15) is 0 Å². The van der Waals surface area contributed by atoms with Crippen LogP contribution in [0.1, 0.15) is 6.92 Å². The van der Waals surface area contributed by atoms with Gasteiger partial charge in [-0.3, -0.25) is 9.69 Å². The molecule has 1 rings (SSSR count). The molecule has 5 heteroatoms. The van der Waals surface area contributed by atoms with Crippen molar-refractivity contribution in [2.45, 2.75) is 13.0 Å². The second-order valence-electron chi connectivity index (χ2n) is 3.53. The molecule has 14 heavy (non-hydrogen) atoms. The molecule has 1 fully saturated rings. The molecule has 82 valence electrons. The van der Waals surface area contributed by atoms with Crippen molar-refractivity contribution in [1.29, 1.82) is 0 Å². The third-order valence-corrected chi connectivity index (χ3v) is 2.24. The summed E-state index contributed by atoms with van der Waals surface area (Å²) in [5.41, 5.74) is 5.41. The summed E-state index contributed by atoms with van der Waals surface area (Å²) in [5, 5.41) is 2.78. The number of ether oxygens (including phenoxy) is 1. The highest BCUT2D eigenvalue weighted by atomic mass is 16.5. The molecule has 3 N–H and O–H groups in total. The quantitative estimate of drug-likeness (QED) is 0.598. The molecule has 0 radical (unpaired) electrons. The fourth-order valence-corrected chi connectivity index (χ4v) is 1.32. The van der Waals surface area contributed by atoms with E-state index in [0.29, 0.717) is 6.54 Å². The highest BCUT2D eigenvalue weighted by Gasteiger charge is 2.11. The molecule has 0 saturated carbocycles. The second kappa shape index (κ2) is 5.95. The fourth-order valence-electron chi connectivity index (χ4n) is 1.32. The summed E-state index contributed by atoms with van der Waals surface area (Å²) in [7, 11) is 0. The van der Waals surface area contributed by atoms with Crippen molar-refractivity contribution in [2.24, 2.45) is 5.73 Å². The van der Waals surface area contributed by atoms with Crippen LogP contribution in [0.4, 0.5) is 0 Å². The number of morpholine rings is 1. The van der Waals surface area contributed by atoms with Crippen LogP contribution in [0.3, 0.4) is 0 Å². The third kappa shape index (κ3) is 4.04. The van der Waals surface area contributed by atoms with Crippen LogP contribution in [0, 0.1) is 0 Å². The van der Waals surface area contributed by atoms with Crippen molar-refractivity contribution in [3.63, 3.8) is 0 Å². The van der Waals surface area contributed by atoms with Crippen molar-refractivity contribution in [3.05, 3.63) is 0 Å². The van der Waals surface area contributed by atoms with Gasteiger partial charge in [-0.2, -0.15) is 0 Å². The Labute approximate surface area is 84.6 Å². The maximum Gasteiger partial charge on any atom is 0.236 e. The summed E-state index contributed by atoms with van der Waals surface area (Å²) in [6.45, 7) is 6.72. The van der Waals surface area contributed by atoms with Gasteiger partial charge in [-0.15, -0.1) is 0 Å². The minimum absolute atomic E-state index is 0.0849. The molecule has 0 aromatic rings. The van der Waals surface area contributed by atoms with Gasteiger partial charge in [0, 0.05) is 26.2 Å². The van der Waals surface area contributed by atoms with E-state index in [0.717, 1.165) is 32.8 Å². The molecule has 0 bridgehead atoms. The standard InChI is InChI=1S/C9H19N3O2/c1-8(10)9(13)11-2-3-12-4-6-14-7-5-12/h8H,2-7,10H2,1H3,(H,11,13)/t8-/m0/s1. The number of nitrogens with one attached hydrogen (secondary N) is 1. The van der Waals surface area contributed by atoms with Gasteiger partial charge in [0.05, 0.1) is 19.3 Å². The number of hydrogen-bond acceptors (Lipinski definition) is 4. The van der Waals surface area contributed by atoms with Crippen molar-refractivity contribution < 1.29 is 9.53 Å². The highest BCUT2D eigenvalue weighted by Crippen LogP contribution is 1.94. The van der Waals surface area contributed by atoms with Crippen LogP contribution in [0.2, 0.25) is 0 Å². The zero-order valence-corrected chi connectivity index (χ0v) is 8.66. The Bertz CT molecular complexity index is 179. The topological polar surface area (TPSA) is 67.6 Å². The van der Waals surface area contributed by atoms with E-state index >= 15 is 0 Å². The average molecular weight is 201 g/mol. The lowest BCUT2D eigenvalue weighted by Crippen LogP contribution is -2.44. The normalized spacial score (nSPS) is 20.4. The summed E-state index contributed by atoms with van der Waals surface area (Å²) >= 11 is 0. The van der Waals surface area contributed by atoms with Crippen LogP contribution in [-0.4, -0.2) is 56.2 Å². The zero-order valence-electron chi connectivity index (χ0n) is 8.66. The Hall–Kier alpha value is -0.650. The van der Waals surface area contributed by atoms with E-state index in [2.05, 4.69) is 10.2 Å². The maximum atomic E-state index is 11.1. The number of hydrogen-bond donors (Lipinski definition) is 2. The Morgan fingerprint density at radius 3 is 2.79 bits per heavy atom. The van der Waals surface area contributed by atoms with Crippen LogP contribution in [0.15, 0.2) is 0 Å². The van der Waals surface area contributed by atoms with Crippen LogP contribution < -0.4 is 11.1 Å². The minimum Gasteiger partial charge on any atom is -0.379 e. The molecule has 1 amide bonds. The van der Waals surface area contributed by atoms with E-state index in [-0.39, 0.29) is 5.91 Å². The van der Waals surface area contributed by atoms with Gasteiger partial charge >= 0.3 is 0 Å². The molecule has 0 unspecified atom stereocenters. The first kappa shape index (κ1) is 11.4. The summed E-state index contributed by atoms with van der Waals surface area (Å²) in [5.74, 6) is -0.0849. The second-order valence-corrected chi connectivity index (χ2v) is 3.53. The predicted octanol–water partition coefficient (Wildman–Crippen LogP) is -1.22. The van der Waals surface area contributed by atoms with Crippen molar-refractivity contribution in [3.8, 4) is 0 Å². The van der Waals surface area contributed by atoms with Gasteiger partial charge in [0.25, 0.3) is 0 Å². The predicted molar refractivity (Wildman–Crippen MR) is 53.9 cm³/mol. The monoisotopic (exact) mass is 201 g/mol. The number of carbonyl (C=O) groups is 1. The molecular weight excluding hydrogens is 182 g/mol. The Balaban J connectivity index is 2.05. The molecule has 0 aliphatic carbocycles. The van der Waals surface area contributed by atoms with E-state index in [1.807, 2.05) is 0 Å². The largest absolute Gasteiger partial charge is 0.379 e. The summed E-state index contributed by atoms with van der Waals surface area (Å²) in [6, 6.07) is -0.417. The highest BCUT2D eigenvalue weighted by molar-refractivity contribution is 5.80. The van der Waals surface area contributed by atoms with Crippen LogP contribution >= 0.6 is 0 Å². The lowest BCUT2D eigenvalue weighted by atomic mass is 10.3. The maximum absolute atomic E-state index is 11.1. The van der Waals surface area contributed by atoms with E-state index in [9.17, 15) is 4.79 Å². The third-order valence-electron chi connectivity index (χ3n) is 2.24. The zero-order chi connectivity index (χ0) is 10.4. The molecule has 1 saturated heterocycles. The van der Waals surface area contributed by atoms with E-state index in [4.69, 9.17) is 10.5 Å². The Kier molecular flexibility index (Phi) is 4.86. The van der Waals surface area contributed by atoms with Gasteiger partial charge in [-0.1, -0.05) is 0 Å². The molecule has 5 nitrogen and oxygen atoms in total. The average Bonchev–Trinajstić information content (AvgIpc) is 2.19. The van der Waals surface area contributed by atoms with E-state index in [1.165, 1.54) is 0 Å². The molecule has 0 aromatic carbocycles. The minimum atomic E-state index is -0.417. The molecule has 1 heterocycles. The number of amides is 1. The lowest BCUT2D eigenvalue weighted by Gasteiger charge is -2.26. The van der Waals surface area contributed by atoms with E-state index in [1.54, 1.807) is 6.92 Å². The van der Waals surface area contributed by atoms with Crippen LogP contribution in [0.25, 0.3) is 0 Å². The number of rotatable bonds is 4. The molecule has 0 aromatic heterocycles. The van der Waals surface area contributed by atoms with Crippen LogP contribution in [0.5, 0.6) is 0 Å². The van der Waals surface area contributed by atoms with E-state index < -0.39 is 6.04 Å². The van der Waals surface area contributed by atoms with Gasteiger partial charge in [-0.05, 0) is 6.92 Å². The summed E-state index contributed by atoms with van der Waals surface area (Å²) in [6.07, 6.45) is 0. The SMILES string of the molecule is C[C@H](N)C(=O)NCCN1CCOCC1. The van der Waals surface area contributed by atoms with Gasteiger partial charge in [0.2, 0.25) is 5.91 Å². The van der Waals surface area contributed by atoms with Gasteiger partial charge in [-0.25, -0.2) is 0 Å². The van der Waals surface area contributed by atoms with Gasteiger partial charge < -0.3 is 15.8 Å². The smallest absolute Gasteiger partial charge is 0.236 e. The molecule has 0 spiro atoms.